The van der Waals surface area contributed by atoms with Gasteiger partial charge < -0.3 is 27.8 Å². The highest BCUT2D eigenvalue weighted by Gasteiger charge is 2.22. The van der Waals surface area contributed by atoms with Crippen LogP contribution < -0.4 is 24.6 Å². The fraction of sp³-hybridized carbons (Fsp3) is 0.0625. The largest absolute Gasteiger partial charge is 0.493 e. The molecule has 40 heavy (non-hydrogen) atoms. The summed E-state index contributed by atoms with van der Waals surface area (Å²) in [6.45, 7) is 0.0955. The molecule has 0 atom stereocenters. The normalized spacial score (nSPS) is 12.1. The van der Waals surface area contributed by atoms with Crippen molar-refractivity contribution < 1.29 is 32.6 Å². The van der Waals surface area contributed by atoms with Gasteiger partial charge in [0.25, 0.3) is 0 Å². The van der Waals surface area contributed by atoms with Crippen LogP contribution in [0.25, 0.3) is 44.4 Å². The molecule has 4 aromatic carbocycles. The molecule has 3 heterocycles. The lowest BCUT2D eigenvalue weighted by Crippen LogP contribution is -2.09. The number of ether oxygens (including phenoxy) is 4. The molecule has 8 nitrogen and oxygen atoms in total. The van der Waals surface area contributed by atoms with E-state index < -0.39 is 11.6 Å². The van der Waals surface area contributed by atoms with E-state index in [9.17, 15) is 9.59 Å². The Hall–Kier alpha value is -5.50. The fourth-order valence-electron chi connectivity index (χ4n) is 4.83. The van der Waals surface area contributed by atoms with Gasteiger partial charge in [-0.25, -0.2) is 9.59 Å². The summed E-state index contributed by atoms with van der Waals surface area (Å²) in [5, 5.41) is 1.34. The average molecular weight is 533 g/mol. The molecule has 1 aliphatic rings. The molecule has 0 saturated heterocycles. The molecule has 1 aliphatic heterocycles. The predicted molar refractivity (Wildman–Crippen MR) is 147 cm³/mol. The Bertz CT molecular complexity index is 1980. The Morgan fingerprint density at radius 3 is 2.48 bits per heavy atom. The molecule has 0 amide bonds. The molecule has 6 aromatic rings. The van der Waals surface area contributed by atoms with Gasteiger partial charge in [0, 0.05) is 28.0 Å². The van der Waals surface area contributed by atoms with Gasteiger partial charge >= 0.3 is 11.6 Å². The van der Waals surface area contributed by atoms with Crippen LogP contribution in [0.2, 0.25) is 0 Å². The molecular formula is C32H20O8. The molecule has 7 rings (SSSR count). The lowest BCUT2D eigenvalue weighted by Gasteiger charge is -2.13. The number of hydrogen-bond donors (Lipinski definition) is 0. The summed E-state index contributed by atoms with van der Waals surface area (Å²) in [4.78, 5) is 26.0. The van der Waals surface area contributed by atoms with Crippen LogP contribution in [-0.2, 0) is 0 Å². The summed E-state index contributed by atoms with van der Waals surface area (Å²) in [5.74, 6) is 1.75. The zero-order valence-corrected chi connectivity index (χ0v) is 21.1. The average Bonchev–Trinajstić information content (AvgIpc) is 3.64. The maximum Gasteiger partial charge on any atom is 0.343 e. The maximum absolute atomic E-state index is 13.3. The topological polar surface area (TPSA) is 97.3 Å². The molecule has 0 N–H and O–H groups in total. The number of furan rings is 1. The highest BCUT2D eigenvalue weighted by atomic mass is 16.7. The first kappa shape index (κ1) is 23.6. The summed E-state index contributed by atoms with van der Waals surface area (Å²) in [6.07, 6.45) is 0. The van der Waals surface area contributed by atoms with Gasteiger partial charge in [0.15, 0.2) is 22.8 Å². The minimum Gasteiger partial charge on any atom is -0.493 e. The maximum atomic E-state index is 13.3. The molecule has 8 heteroatoms. The van der Waals surface area contributed by atoms with Gasteiger partial charge in [-0.1, -0.05) is 42.5 Å². The standard InChI is InChI=1S/C32H20O8/c1-35-25-9-5-8-19-12-26(39-31(19)25)23-16-30(33)38-28-14-21(18-6-3-2-4-7-18)27(15-22(23)28)40-32(34)20-10-11-24-29(13-20)37-17-36-24/h2-16H,17H2,1H3. The molecule has 2 aromatic heterocycles. The number of fused-ring (bicyclic) bond motifs is 3. The molecule has 0 aliphatic carbocycles. The number of para-hydroxylation sites is 1. The van der Waals surface area contributed by atoms with E-state index in [-0.39, 0.29) is 12.5 Å². The Morgan fingerprint density at radius 1 is 0.775 bits per heavy atom. The van der Waals surface area contributed by atoms with Crippen molar-refractivity contribution in [2.24, 2.45) is 0 Å². The minimum atomic E-state index is -0.581. The Labute approximate surface area is 226 Å². The van der Waals surface area contributed by atoms with Crippen LogP contribution in [0.1, 0.15) is 10.4 Å². The van der Waals surface area contributed by atoms with Crippen molar-refractivity contribution in [1.82, 2.24) is 0 Å². The Morgan fingerprint density at radius 2 is 1.62 bits per heavy atom. The molecular weight excluding hydrogens is 512 g/mol. The van der Waals surface area contributed by atoms with E-state index in [0.29, 0.717) is 56.3 Å². The quantitative estimate of drug-likeness (QED) is 0.135. The molecule has 0 bridgehead atoms. The first-order chi connectivity index (χ1) is 19.6. The summed E-state index contributed by atoms with van der Waals surface area (Å²) in [7, 11) is 1.56. The lowest BCUT2D eigenvalue weighted by atomic mass is 10.00. The van der Waals surface area contributed by atoms with Crippen LogP contribution in [0.15, 0.2) is 105 Å². The minimum absolute atomic E-state index is 0.0955. The number of benzene rings is 4. The third-order valence-electron chi connectivity index (χ3n) is 6.73. The van der Waals surface area contributed by atoms with Gasteiger partial charge in [-0.3, -0.25) is 0 Å². The van der Waals surface area contributed by atoms with Crippen LogP contribution >= 0.6 is 0 Å². The second kappa shape index (κ2) is 9.36. The van der Waals surface area contributed by atoms with Crippen LogP contribution in [0, 0.1) is 0 Å². The number of hydrogen-bond acceptors (Lipinski definition) is 8. The van der Waals surface area contributed by atoms with E-state index in [4.69, 9.17) is 27.8 Å². The van der Waals surface area contributed by atoms with Crippen LogP contribution in [0.5, 0.6) is 23.0 Å². The fourth-order valence-corrected chi connectivity index (χ4v) is 4.83. The summed E-state index contributed by atoms with van der Waals surface area (Å²) >= 11 is 0. The van der Waals surface area contributed by atoms with E-state index in [2.05, 4.69) is 0 Å². The van der Waals surface area contributed by atoms with E-state index >= 15 is 0 Å². The first-order valence-corrected chi connectivity index (χ1v) is 12.4. The monoisotopic (exact) mass is 532 g/mol. The van der Waals surface area contributed by atoms with Crippen molar-refractivity contribution >= 4 is 27.9 Å². The summed E-state index contributed by atoms with van der Waals surface area (Å²) in [5.41, 5.74) is 2.47. The van der Waals surface area contributed by atoms with Gasteiger partial charge in [0.1, 0.15) is 17.1 Å². The van der Waals surface area contributed by atoms with Crippen molar-refractivity contribution in [3.8, 4) is 45.4 Å². The van der Waals surface area contributed by atoms with E-state index in [1.807, 2.05) is 48.5 Å². The second-order valence-corrected chi connectivity index (χ2v) is 9.14. The molecule has 0 saturated carbocycles. The second-order valence-electron chi connectivity index (χ2n) is 9.14. The van der Waals surface area contributed by atoms with Crippen LogP contribution in [0.3, 0.4) is 0 Å². The lowest BCUT2D eigenvalue weighted by molar-refractivity contribution is 0.0735. The number of methoxy groups -OCH3 is 1. The van der Waals surface area contributed by atoms with Gasteiger partial charge in [-0.05, 0) is 48.0 Å². The summed E-state index contributed by atoms with van der Waals surface area (Å²) in [6, 6.07) is 26.4. The highest BCUT2D eigenvalue weighted by Crippen LogP contribution is 2.40. The van der Waals surface area contributed by atoms with Crippen molar-refractivity contribution in [3.63, 3.8) is 0 Å². The van der Waals surface area contributed by atoms with Crippen molar-refractivity contribution in [2.75, 3.05) is 13.9 Å². The first-order valence-electron chi connectivity index (χ1n) is 12.4. The van der Waals surface area contributed by atoms with Gasteiger partial charge in [0.05, 0.1) is 12.7 Å². The molecule has 0 fully saturated rings. The molecule has 0 spiro atoms. The number of esters is 1. The Balaban J connectivity index is 1.40. The smallest absolute Gasteiger partial charge is 0.343 e. The summed E-state index contributed by atoms with van der Waals surface area (Å²) < 4.78 is 33.9. The van der Waals surface area contributed by atoms with Crippen molar-refractivity contribution in [1.29, 1.82) is 0 Å². The van der Waals surface area contributed by atoms with E-state index in [0.717, 1.165) is 10.9 Å². The number of rotatable bonds is 5. The van der Waals surface area contributed by atoms with Gasteiger partial charge in [0.2, 0.25) is 6.79 Å². The Kier molecular flexibility index (Phi) is 5.52. The van der Waals surface area contributed by atoms with Crippen LogP contribution in [-0.4, -0.2) is 19.9 Å². The molecule has 0 unspecified atom stereocenters. The van der Waals surface area contributed by atoms with Gasteiger partial charge in [-0.15, -0.1) is 0 Å². The van der Waals surface area contributed by atoms with E-state index in [1.165, 1.54) is 6.07 Å². The van der Waals surface area contributed by atoms with E-state index in [1.54, 1.807) is 43.5 Å². The predicted octanol–water partition coefficient (Wildman–Crippen LogP) is 6.83. The SMILES string of the molecule is COc1cccc2cc(-c3cc(=O)oc4cc(-c5ccccc5)c(OC(=O)c5ccc6c(c5)OCO6)cc34)oc12. The third kappa shape index (κ3) is 4.03. The third-order valence-corrected chi connectivity index (χ3v) is 6.73. The molecule has 196 valence electrons. The number of carbonyl (C=O) groups is 1. The molecule has 0 radical (unpaired) electrons. The van der Waals surface area contributed by atoms with Crippen LogP contribution in [0.4, 0.5) is 0 Å². The van der Waals surface area contributed by atoms with Gasteiger partial charge in [-0.2, -0.15) is 0 Å². The van der Waals surface area contributed by atoms with Crippen molar-refractivity contribution in [2.45, 2.75) is 0 Å². The zero-order valence-electron chi connectivity index (χ0n) is 21.1. The number of carbonyl (C=O) groups excluding carboxylic acids is 1. The van der Waals surface area contributed by atoms with Crippen molar-refractivity contribution in [3.05, 3.63) is 107 Å². The highest BCUT2D eigenvalue weighted by molar-refractivity contribution is 6.00. The zero-order chi connectivity index (χ0) is 27.2.